The second kappa shape index (κ2) is 6.86. The second-order valence-corrected chi connectivity index (χ2v) is 9.73. The summed E-state index contributed by atoms with van der Waals surface area (Å²) in [4.78, 5) is 10.9. The van der Waals surface area contributed by atoms with E-state index in [9.17, 15) is 21.6 Å². The summed E-state index contributed by atoms with van der Waals surface area (Å²) >= 11 is 0. The summed E-state index contributed by atoms with van der Waals surface area (Å²) in [6, 6.07) is 9.01. The Morgan fingerprint density at radius 2 is 1.78 bits per heavy atom. The maximum absolute atomic E-state index is 12.9. The normalized spacial score (nSPS) is 14.1. The lowest BCUT2D eigenvalue weighted by Crippen LogP contribution is -2.27. The molecule has 0 spiro atoms. The molecule has 10 heteroatoms. The van der Waals surface area contributed by atoms with Crippen LogP contribution in [-0.2, 0) is 31.1 Å². The summed E-state index contributed by atoms with van der Waals surface area (Å²) in [6.07, 6.45) is 1.76. The number of hydrogen-bond donors (Lipinski definition) is 2. The Hall–Kier alpha value is -2.59. The number of ether oxygens (including phenoxy) is 1. The molecule has 0 atom stereocenters. The van der Waals surface area contributed by atoms with Gasteiger partial charge in [0.25, 0.3) is 15.9 Å². The molecule has 1 aliphatic heterocycles. The first-order valence-corrected chi connectivity index (χ1v) is 11.4. The van der Waals surface area contributed by atoms with Crippen LogP contribution in [0, 0.1) is 0 Å². The molecule has 27 heavy (non-hydrogen) atoms. The monoisotopic (exact) mass is 410 g/mol. The Morgan fingerprint density at radius 3 is 2.37 bits per heavy atom. The topological polar surface area (TPSA) is 119 Å². The molecular formula is C17H18N2O6S2. The van der Waals surface area contributed by atoms with Crippen molar-refractivity contribution in [3.63, 3.8) is 0 Å². The molecule has 3 rings (SSSR count). The number of amides is 1. The van der Waals surface area contributed by atoms with Crippen molar-refractivity contribution in [1.82, 2.24) is 0 Å². The molecule has 8 nitrogen and oxygen atoms in total. The van der Waals surface area contributed by atoms with E-state index in [4.69, 9.17) is 4.74 Å². The van der Waals surface area contributed by atoms with E-state index in [0.717, 1.165) is 24.3 Å². The van der Waals surface area contributed by atoms with Crippen LogP contribution >= 0.6 is 0 Å². The van der Waals surface area contributed by atoms with E-state index >= 15 is 0 Å². The van der Waals surface area contributed by atoms with E-state index in [2.05, 4.69) is 10.0 Å². The minimum atomic E-state index is -4.17. The Balaban J connectivity index is 2.10. The molecule has 2 aromatic carbocycles. The minimum absolute atomic E-state index is 0.00381. The van der Waals surface area contributed by atoms with Crippen LogP contribution in [0.4, 0.5) is 11.4 Å². The zero-order chi connectivity index (χ0) is 19.8. The van der Waals surface area contributed by atoms with Crippen molar-refractivity contribution in [3.8, 4) is 5.75 Å². The largest absolute Gasteiger partial charge is 0.480 e. The third kappa shape index (κ3) is 4.06. The van der Waals surface area contributed by atoms with Gasteiger partial charge in [-0.25, -0.2) is 16.8 Å². The highest BCUT2D eigenvalue weighted by Crippen LogP contribution is 2.38. The third-order valence-corrected chi connectivity index (χ3v) is 6.46. The number of hydrogen-bond acceptors (Lipinski definition) is 6. The maximum atomic E-state index is 12.9. The van der Waals surface area contributed by atoms with Crippen LogP contribution in [0.15, 0.2) is 46.2 Å². The molecule has 1 aliphatic rings. The molecule has 1 amide bonds. The van der Waals surface area contributed by atoms with Gasteiger partial charge in [0.1, 0.15) is 4.90 Å². The predicted octanol–water partition coefficient (Wildman–Crippen LogP) is 1.78. The average molecular weight is 410 g/mol. The van der Waals surface area contributed by atoms with Crippen molar-refractivity contribution >= 4 is 37.1 Å². The molecule has 0 saturated heterocycles. The Labute approximate surface area is 157 Å². The number of carbonyl (C=O) groups excluding carboxylic acids is 1. The molecule has 0 fully saturated rings. The van der Waals surface area contributed by atoms with Gasteiger partial charge in [0, 0.05) is 11.9 Å². The molecule has 0 saturated carbocycles. The van der Waals surface area contributed by atoms with Crippen molar-refractivity contribution in [2.75, 3.05) is 22.9 Å². The highest BCUT2D eigenvalue weighted by molar-refractivity contribution is 7.93. The molecule has 2 aromatic rings. The smallest absolute Gasteiger partial charge is 0.265 e. The van der Waals surface area contributed by atoms with E-state index < -0.39 is 25.8 Å². The number of carbonyl (C=O) groups is 1. The fourth-order valence-electron chi connectivity index (χ4n) is 2.57. The van der Waals surface area contributed by atoms with Crippen LogP contribution in [0.2, 0.25) is 0 Å². The summed E-state index contributed by atoms with van der Waals surface area (Å²) in [5.74, 6) is -0.598. The van der Waals surface area contributed by atoms with Crippen molar-refractivity contribution in [2.45, 2.75) is 23.1 Å². The van der Waals surface area contributed by atoms with Gasteiger partial charge in [0.15, 0.2) is 22.2 Å². The van der Waals surface area contributed by atoms with E-state index in [-0.39, 0.29) is 27.8 Å². The lowest BCUT2D eigenvalue weighted by atomic mass is 10.2. The van der Waals surface area contributed by atoms with Gasteiger partial charge in [-0.3, -0.25) is 9.52 Å². The molecule has 0 unspecified atom stereocenters. The Bertz CT molecular complexity index is 1110. The van der Waals surface area contributed by atoms with Crippen LogP contribution in [0.1, 0.15) is 12.5 Å². The van der Waals surface area contributed by atoms with Gasteiger partial charge in [-0.15, -0.1) is 0 Å². The summed E-state index contributed by atoms with van der Waals surface area (Å²) in [6.45, 7) is 1.62. The Kier molecular flexibility index (Phi) is 4.87. The van der Waals surface area contributed by atoms with Gasteiger partial charge in [-0.1, -0.05) is 19.1 Å². The number of aryl methyl sites for hydroxylation is 1. The van der Waals surface area contributed by atoms with Crippen LogP contribution in [0.5, 0.6) is 5.75 Å². The number of benzene rings is 2. The lowest BCUT2D eigenvalue weighted by molar-refractivity contribution is -0.118. The molecule has 144 valence electrons. The van der Waals surface area contributed by atoms with Gasteiger partial charge >= 0.3 is 0 Å². The van der Waals surface area contributed by atoms with E-state index in [0.29, 0.717) is 5.69 Å². The van der Waals surface area contributed by atoms with Crippen LogP contribution in [0.3, 0.4) is 0 Å². The summed E-state index contributed by atoms with van der Waals surface area (Å²) in [5, 5.41) is 2.44. The highest BCUT2D eigenvalue weighted by Gasteiger charge is 2.29. The third-order valence-electron chi connectivity index (χ3n) is 3.98. The molecule has 0 aromatic heterocycles. The van der Waals surface area contributed by atoms with Gasteiger partial charge in [-0.2, -0.15) is 0 Å². The molecule has 0 radical (unpaired) electrons. The van der Waals surface area contributed by atoms with E-state index in [1.54, 1.807) is 24.3 Å². The van der Waals surface area contributed by atoms with E-state index in [1.807, 2.05) is 6.92 Å². The first kappa shape index (κ1) is 19.2. The van der Waals surface area contributed by atoms with Crippen LogP contribution in [0.25, 0.3) is 0 Å². The van der Waals surface area contributed by atoms with Gasteiger partial charge in [0.2, 0.25) is 0 Å². The molecule has 0 bridgehead atoms. The van der Waals surface area contributed by atoms with Crippen molar-refractivity contribution < 1.29 is 26.4 Å². The highest BCUT2D eigenvalue weighted by atomic mass is 32.2. The summed E-state index contributed by atoms with van der Waals surface area (Å²) in [5.41, 5.74) is 1.36. The fraction of sp³-hybridized carbons (Fsp3) is 0.235. The van der Waals surface area contributed by atoms with Gasteiger partial charge in [-0.05, 0) is 36.2 Å². The van der Waals surface area contributed by atoms with Crippen molar-refractivity contribution in [1.29, 1.82) is 0 Å². The first-order valence-electron chi connectivity index (χ1n) is 8.02. The predicted molar refractivity (Wildman–Crippen MR) is 100 cm³/mol. The molecule has 2 N–H and O–H groups in total. The Morgan fingerprint density at radius 1 is 1.11 bits per heavy atom. The van der Waals surface area contributed by atoms with E-state index in [1.165, 1.54) is 6.07 Å². The van der Waals surface area contributed by atoms with Gasteiger partial charge in [0.05, 0.1) is 10.6 Å². The average Bonchev–Trinajstić information content (AvgIpc) is 2.60. The second-order valence-electron chi connectivity index (χ2n) is 6.06. The van der Waals surface area contributed by atoms with Crippen LogP contribution < -0.4 is 14.8 Å². The first-order chi connectivity index (χ1) is 12.6. The molecule has 0 aliphatic carbocycles. The maximum Gasteiger partial charge on any atom is 0.265 e. The number of sulfonamides is 1. The number of fused-ring (bicyclic) bond motifs is 1. The summed E-state index contributed by atoms with van der Waals surface area (Å²) < 4.78 is 57.3. The number of anilines is 2. The quantitative estimate of drug-likeness (QED) is 0.776. The van der Waals surface area contributed by atoms with Gasteiger partial charge < -0.3 is 10.1 Å². The number of nitrogens with one attached hydrogen (secondary N) is 2. The number of rotatable bonds is 5. The SMILES string of the molecule is CCc1ccc(NS(=O)(=O)c2cc(S(C)(=O)=O)cc3c2OCC(=O)N3)cc1. The fourth-order valence-corrected chi connectivity index (χ4v) is 4.56. The zero-order valence-electron chi connectivity index (χ0n) is 14.6. The van der Waals surface area contributed by atoms with Crippen molar-refractivity contribution in [3.05, 3.63) is 42.0 Å². The van der Waals surface area contributed by atoms with Crippen LogP contribution in [-0.4, -0.2) is 35.6 Å². The standard InChI is InChI=1S/C17H18N2O6S2/c1-3-11-4-6-12(7-5-11)19-27(23,24)15-9-13(26(2,21)22)8-14-17(15)25-10-16(20)18-14/h4-9,19H,3,10H2,1-2H3,(H,18,20). The molecule has 1 heterocycles. The van der Waals surface area contributed by atoms with Crippen molar-refractivity contribution in [2.24, 2.45) is 0 Å². The molecular weight excluding hydrogens is 392 g/mol. The lowest BCUT2D eigenvalue weighted by Gasteiger charge is -2.22. The number of sulfone groups is 1. The minimum Gasteiger partial charge on any atom is -0.480 e. The zero-order valence-corrected chi connectivity index (χ0v) is 16.3. The summed E-state index contributed by atoms with van der Waals surface area (Å²) in [7, 11) is -7.88.